The number of hydrogen-bond donors (Lipinski definition) is 0. The number of hydrogen-bond acceptors (Lipinski definition) is 3. The number of anilines is 1. The van der Waals surface area contributed by atoms with Crippen LogP contribution in [0.3, 0.4) is 0 Å². The maximum absolute atomic E-state index is 11.3. The summed E-state index contributed by atoms with van der Waals surface area (Å²) in [4.78, 5) is 18.4. The number of Topliss-reactive ketones (excluding diaryl/α,β-unsaturated/α-hetero) is 1. The van der Waals surface area contributed by atoms with Gasteiger partial charge in [0.2, 0.25) is 0 Å². The van der Waals surface area contributed by atoms with E-state index in [2.05, 4.69) is 34.7 Å². The van der Waals surface area contributed by atoms with E-state index in [9.17, 15) is 4.79 Å². The summed E-state index contributed by atoms with van der Waals surface area (Å²) < 4.78 is 2.19. The molecule has 0 spiro atoms. The molecule has 0 saturated carbocycles. The van der Waals surface area contributed by atoms with E-state index in [1.807, 2.05) is 6.92 Å². The maximum atomic E-state index is 11.3. The van der Waals surface area contributed by atoms with E-state index in [0.29, 0.717) is 24.0 Å². The van der Waals surface area contributed by atoms with Gasteiger partial charge in [-0.25, -0.2) is 4.98 Å². The predicted molar refractivity (Wildman–Crippen MR) is 116 cm³/mol. The predicted octanol–water partition coefficient (Wildman–Crippen LogP) is 5.33. The number of nitrogens with zero attached hydrogens (tertiary/aromatic N) is 3. The zero-order valence-electron chi connectivity index (χ0n) is 16.5. The smallest absolute Gasteiger partial charge is 0.132 e. The average molecular weight is 412 g/mol. The van der Waals surface area contributed by atoms with E-state index in [0.717, 1.165) is 74.2 Å². The van der Waals surface area contributed by atoms with E-state index in [1.165, 1.54) is 0 Å². The van der Waals surface area contributed by atoms with E-state index < -0.39 is 0 Å². The minimum atomic E-state index is 0.374. The number of aryl methyl sites for hydroxylation is 2. The van der Waals surface area contributed by atoms with E-state index in [1.54, 1.807) is 0 Å². The van der Waals surface area contributed by atoms with Gasteiger partial charge in [0.1, 0.15) is 11.6 Å². The molecule has 1 aromatic carbocycles. The summed E-state index contributed by atoms with van der Waals surface area (Å²) in [5.74, 6) is 2.65. The van der Waals surface area contributed by atoms with Gasteiger partial charge >= 0.3 is 0 Å². The van der Waals surface area contributed by atoms with Gasteiger partial charge in [0, 0.05) is 56.8 Å². The van der Waals surface area contributed by atoms with Crippen molar-refractivity contribution in [1.29, 1.82) is 0 Å². The Labute approximate surface area is 172 Å². The fourth-order valence-electron chi connectivity index (χ4n) is 3.36. The molecule has 0 aliphatic rings. The van der Waals surface area contributed by atoms with Crippen molar-refractivity contribution < 1.29 is 4.79 Å². The van der Waals surface area contributed by atoms with Crippen LogP contribution in [0.25, 0.3) is 11.0 Å². The molecule has 2 aromatic rings. The number of halogens is 2. The Morgan fingerprint density at radius 1 is 1.11 bits per heavy atom. The van der Waals surface area contributed by atoms with Gasteiger partial charge in [-0.2, -0.15) is 0 Å². The quantitative estimate of drug-likeness (QED) is 0.330. The van der Waals surface area contributed by atoms with E-state index in [4.69, 9.17) is 28.2 Å². The van der Waals surface area contributed by atoms with Gasteiger partial charge in [0.05, 0.1) is 11.0 Å². The number of rotatable bonds is 13. The third kappa shape index (κ3) is 6.39. The SMILES string of the molecule is CCC(=O)CCCCCCc1nc2ccc(N(CCCl)CCCl)cc2n1C. The summed E-state index contributed by atoms with van der Waals surface area (Å²) in [5.41, 5.74) is 3.31. The Hall–Kier alpha value is -1.26. The topological polar surface area (TPSA) is 38.1 Å². The van der Waals surface area contributed by atoms with Gasteiger partial charge in [-0.3, -0.25) is 4.79 Å². The van der Waals surface area contributed by atoms with Crippen molar-refractivity contribution in [3.8, 4) is 0 Å². The van der Waals surface area contributed by atoms with Crippen LogP contribution in [0.5, 0.6) is 0 Å². The van der Waals surface area contributed by atoms with Gasteiger partial charge in [-0.1, -0.05) is 19.8 Å². The van der Waals surface area contributed by atoms with Crippen LogP contribution in [-0.2, 0) is 18.3 Å². The van der Waals surface area contributed by atoms with Crippen molar-refractivity contribution in [3.63, 3.8) is 0 Å². The minimum absolute atomic E-state index is 0.374. The number of carbonyl (C=O) groups is 1. The maximum Gasteiger partial charge on any atom is 0.132 e. The highest BCUT2D eigenvalue weighted by molar-refractivity contribution is 6.18. The highest BCUT2D eigenvalue weighted by Crippen LogP contribution is 2.23. The van der Waals surface area contributed by atoms with Crippen molar-refractivity contribution in [2.75, 3.05) is 29.7 Å². The van der Waals surface area contributed by atoms with Crippen molar-refractivity contribution in [3.05, 3.63) is 24.0 Å². The fraction of sp³-hybridized carbons (Fsp3) is 0.619. The van der Waals surface area contributed by atoms with Crippen LogP contribution in [0.1, 0.15) is 51.3 Å². The second-order valence-corrected chi connectivity index (χ2v) is 7.69. The molecule has 27 heavy (non-hydrogen) atoms. The molecular formula is C21H31Cl2N3O. The largest absolute Gasteiger partial charge is 0.369 e. The normalized spacial score (nSPS) is 11.3. The first-order valence-corrected chi connectivity index (χ1v) is 11.0. The summed E-state index contributed by atoms with van der Waals surface area (Å²) in [5, 5.41) is 0. The molecule has 0 bridgehead atoms. The molecule has 0 N–H and O–H groups in total. The van der Waals surface area contributed by atoms with Crippen LogP contribution in [0.2, 0.25) is 0 Å². The molecule has 6 heteroatoms. The highest BCUT2D eigenvalue weighted by Gasteiger charge is 2.11. The number of ketones is 1. The number of aromatic nitrogens is 2. The van der Waals surface area contributed by atoms with E-state index in [-0.39, 0.29) is 0 Å². The fourth-order valence-corrected chi connectivity index (χ4v) is 3.77. The third-order valence-corrected chi connectivity index (χ3v) is 5.37. The highest BCUT2D eigenvalue weighted by atomic mass is 35.5. The first kappa shape index (κ1) is 22.0. The van der Waals surface area contributed by atoms with Gasteiger partial charge in [0.25, 0.3) is 0 Å². The Morgan fingerprint density at radius 2 is 1.81 bits per heavy atom. The van der Waals surface area contributed by atoms with Crippen molar-refractivity contribution in [1.82, 2.24) is 9.55 Å². The molecule has 0 unspecified atom stereocenters. The molecule has 1 heterocycles. The third-order valence-electron chi connectivity index (χ3n) is 5.03. The lowest BCUT2D eigenvalue weighted by atomic mass is 10.1. The lowest BCUT2D eigenvalue weighted by molar-refractivity contribution is -0.118. The molecule has 0 fully saturated rings. The number of fused-ring (bicyclic) bond motifs is 1. The molecule has 0 aliphatic carbocycles. The monoisotopic (exact) mass is 411 g/mol. The summed E-state index contributed by atoms with van der Waals surface area (Å²) in [6.45, 7) is 3.50. The second kappa shape index (κ2) is 11.6. The van der Waals surface area contributed by atoms with Gasteiger partial charge < -0.3 is 9.47 Å². The number of benzene rings is 1. The van der Waals surface area contributed by atoms with Gasteiger partial charge in [-0.15, -0.1) is 23.2 Å². The molecule has 0 atom stereocenters. The first-order chi connectivity index (χ1) is 13.1. The lowest BCUT2D eigenvalue weighted by Gasteiger charge is -2.22. The van der Waals surface area contributed by atoms with Crippen LogP contribution in [0.4, 0.5) is 5.69 Å². The zero-order valence-corrected chi connectivity index (χ0v) is 18.0. The summed E-state index contributed by atoms with van der Waals surface area (Å²) in [7, 11) is 2.09. The molecule has 1 aromatic heterocycles. The van der Waals surface area contributed by atoms with Crippen LogP contribution in [-0.4, -0.2) is 40.2 Å². The Morgan fingerprint density at radius 3 is 2.48 bits per heavy atom. The van der Waals surface area contributed by atoms with Crippen LogP contribution in [0.15, 0.2) is 18.2 Å². The Bertz CT molecular complexity index is 724. The Balaban J connectivity index is 1.96. The zero-order chi connectivity index (χ0) is 19.6. The Kier molecular flexibility index (Phi) is 9.43. The lowest BCUT2D eigenvalue weighted by Crippen LogP contribution is -2.27. The first-order valence-electron chi connectivity index (χ1n) is 9.94. The van der Waals surface area contributed by atoms with E-state index >= 15 is 0 Å². The van der Waals surface area contributed by atoms with Crippen molar-refractivity contribution in [2.45, 2.75) is 51.9 Å². The minimum Gasteiger partial charge on any atom is -0.369 e. The van der Waals surface area contributed by atoms with Crippen LogP contribution >= 0.6 is 23.2 Å². The molecule has 0 aliphatic heterocycles. The summed E-state index contributed by atoms with van der Waals surface area (Å²) >= 11 is 11.9. The summed E-state index contributed by atoms with van der Waals surface area (Å²) in [6.07, 6.45) is 6.73. The molecule has 150 valence electrons. The van der Waals surface area contributed by atoms with Crippen molar-refractivity contribution >= 4 is 45.7 Å². The molecule has 0 radical (unpaired) electrons. The van der Waals surface area contributed by atoms with Gasteiger partial charge in [-0.05, 0) is 31.0 Å². The number of carbonyl (C=O) groups excluding carboxylic acids is 1. The molecule has 4 nitrogen and oxygen atoms in total. The van der Waals surface area contributed by atoms with Crippen LogP contribution < -0.4 is 4.90 Å². The van der Waals surface area contributed by atoms with Gasteiger partial charge in [0.15, 0.2) is 0 Å². The second-order valence-electron chi connectivity index (χ2n) is 6.93. The molecule has 2 rings (SSSR count). The molecule has 0 saturated heterocycles. The standard InChI is InChI=1S/C21H31Cl2N3O/c1-3-18(27)8-6-4-5-7-9-21-24-19-11-10-17(16-20(19)25(21)2)26(14-12-22)15-13-23/h10-11,16H,3-9,12-15H2,1-2H3. The average Bonchev–Trinajstić information content (AvgIpc) is 2.99. The van der Waals surface area contributed by atoms with Crippen LogP contribution in [0, 0.1) is 0 Å². The van der Waals surface area contributed by atoms with Crippen molar-refractivity contribution in [2.24, 2.45) is 7.05 Å². The number of imidazole rings is 1. The molecule has 0 amide bonds. The number of alkyl halides is 2. The summed E-state index contributed by atoms with van der Waals surface area (Å²) in [6, 6.07) is 6.37. The number of unbranched alkanes of at least 4 members (excludes halogenated alkanes) is 3. The molecular weight excluding hydrogens is 381 g/mol.